The highest BCUT2D eigenvalue weighted by Crippen LogP contribution is 2.24. The number of primary amides is 1. The second-order valence-electron chi connectivity index (χ2n) is 5.21. The number of nitrogens with one attached hydrogen (secondary N) is 1. The Morgan fingerprint density at radius 3 is 2.62 bits per heavy atom. The fourth-order valence-corrected chi connectivity index (χ4v) is 2.10. The molecule has 0 heterocycles. The summed E-state index contributed by atoms with van der Waals surface area (Å²) in [5.74, 6) is 0.601. The molecule has 2 aromatic rings. The molecule has 0 bridgehead atoms. The fourth-order valence-electron chi connectivity index (χ4n) is 1.97. The first kappa shape index (κ1) is 19.3. The van der Waals surface area contributed by atoms with Gasteiger partial charge in [-0.2, -0.15) is 0 Å². The number of nitrogens with zero attached hydrogens (tertiary/aromatic N) is 1. The summed E-state index contributed by atoms with van der Waals surface area (Å²) < 4.78 is 5.71. The number of amides is 3. The number of nitrogens with two attached hydrogens (primary N) is 1. The summed E-state index contributed by atoms with van der Waals surface area (Å²) in [4.78, 5) is 22.3. The number of hydroxylamine groups is 2. The first-order chi connectivity index (χ1) is 12.4. The van der Waals surface area contributed by atoms with Crippen LogP contribution in [0.4, 0.5) is 4.79 Å². The second kappa shape index (κ2) is 9.45. The smallest absolute Gasteiger partial charge is 0.312 e. The van der Waals surface area contributed by atoms with Gasteiger partial charge in [-0.25, -0.2) is 9.86 Å². The summed E-state index contributed by atoms with van der Waals surface area (Å²) in [7, 11) is 0. The lowest BCUT2D eigenvalue weighted by Gasteiger charge is -2.12. The van der Waals surface area contributed by atoms with E-state index in [1.54, 1.807) is 54.6 Å². The third-order valence-electron chi connectivity index (χ3n) is 3.20. The molecule has 0 radical (unpaired) electrons. The lowest BCUT2D eigenvalue weighted by atomic mass is 10.2. The zero-order valence-corrected chi connectivity index (χ0v) is 14.5. The SMILES string of the molecule is NC(=O)NCCN(O)C(=O)C=Cc1cccc(Oc2ccc(Cl)cc2)c1. The first-order valence-corrected chi connectivity index (χ1v) is 8.07. The van der Waals surface area contributed by atoms with Gasteiger partial charge in [-0.3, -0.25) is 10.0 Å². The number of benzene rings is 2. The van der Waals surface area contributed by atoms with Crippen molar-refractivity contribution in [2.75, 3.05) is 13.1 Å². The van der Waals surface area contributed by atoms with Gasteiger partial charge in [-0.15, -0.1) is 0 Å². The summed E-state index contributed by atoms with van der Waals surface area (Å²) in [6, 6.07) is 13.3. The van der Waals surface area contributed by atoms with Gasteiger partial charge in [0.25, 0.3) is 5.91 Å². The summed E-state index contributed by atoms with van der Waals surface area (Å²) in [5.41, 5.74) is 5.61. The van der Waals surface area contributed by atoms with E-state index in [-0.39, 0.29) is 13.1 Å². The van der Waals surface area contributed by atoms with Crippen molar-refractivity contribution in [3.05, 3.63) is 65.2 Å². The van der Waals surface area contributed by atoms with Crippen molar-refractivity contribution in [1.82, 2.24) is 10.4 Å². The van der Waals surface area contributed by atoms with Crippen LogP contribution in [0, 0.1) is 0 Å². The molecule has 0 aliphatic carbocycles. The molecule has 0 spiro atoms. The number of halogens is 1. The topological polar surface area (TPSA) is 105 Å². The van der Waals surface area contributed by atoms with Crippen LogP contribution in [0.15, 0.2) is 54.6 Å². The van der Waals surface area contributed by atoms with E-state index in [0.717, 1.165) is 0 Å². The third kappa shape index (κ3) is 6.46. The van der Waals surface area contributed by atoms with Crippen molar-refractivity contribution in [3.8, 4) is 11.5 Å². The van der Waals surface area contributed by atoms with Gasteiger partial charge in [0, 0.05) is 17.6 Å². The molecule has 26 heavy (non-hydrogen) atoms. The summed E-state index contributed by atoms with van der Waals surface area (Å²) >= 11 is 5.84. The van der Waals surface area contributed by atoms with E-state index in [4.69, 9.17) is 22.1 Å². The summed E-state index contributed by atoms with van der Waals surface area (Å²) in [6.07, 6.45) is 2.76. The zero-order valence-electron chi connectivity index (χ0n) is 13.8. The normalized spacial score (nSPS) is 10.5. The van der Waals surface area contributed by atoms with Gasteiger partial charge in [-0.1, -0.05) is 23.7 Å². The van der Waals surface area contributed by atoms with Crippen LogP contribution < -0.4 is 15.8 Å². The van der Waals surface area contributed by atoms with Crippen molar-refractivity contribution in [2.45, 2.75) is 0 Å². The number of hydrogen-bond acceptors (Lipinski definition) is 4. The van der Waals surface area contributed by atoms with Gasteiger partial charge < -0.3 is 15.8 Å². The molecule has 0 saturated carbocycles. The molecular formula is C18H18ClN3O4. The molecule has 0 aromatic heterocycles. The Bertz CT molecular complexity index is 793. The van der Waals surface area contributed by atoms with Crippen molar-refractivity contribution < 1.29 is 19.5 Å². The predicted molar refractivity (Wildman–Crippen MR) is 98.1 cm³/mol. The Morgan fingerprint density at radius 1 is 1.19 bits per heavy atom. The highest BCUT2D eigenvalue weighted by Gasteiger charge is 2.07. The minimum Gasteiger partial charge on any atom is -0.457 e. The van der Waals surface area contributed by atoms with E-state index < -0.39 is 11.9 Å². The second-order valence-corrected chi connectivity index (χ2v) is 5.65. The van der Waals surface area contributed by atoms with E-state index in [1.807, 2.05) is 0 Å². The first-order valence-electron chi connectivity index (χ1n) is 7.69. The van der Waals surface area contributed by atoms with Crippen LogP contribution in [0.2, 0.25) is 5.02 Å². The number of carbonyl (C=O) groups is 2. The number of ether oxygens (including phenoxy) is 1. The van der Waals surface area contributed by atoms with E-state index in [0.29, 0.717) is 27.1 Å². The average Bonchev–Trinajstić information content (AvgIpc) is 2.61. The largest absolute Gasteiger partial charge is 0.457 e. The van der Waals surface area contributed by atoms with Crippen molar-refractivity contribution in [1.29, 1.82) is 0 Å². The van der Waals surface area contributed by atoms with E-state index in [2.05, 4.69) is 5.32 Å². The van der Waals surface area contributed by atoms with Gasteiger partial charge in [0.1, 0.15) is 11.5 Å². The fraction of sp³-hybridized carbons (Fsp3) is 0.111. The lowest BCUT2D eigenvalue weighted by Crippen LogP contribution is -2.38. The van der Waals surface area contributed by atoms with Gasteiger partial charge in [-0.05, 0) is 48.0 Å². The molecule has 0 saturated heterocycles. The van der Waals surface area contributed by atoms with Crippen LogP contribution in [0.5, 0.6) is 11.5 Å². The minimum absolute atomic E-state index is 0.0514. The van der Waals surface area contributed by atoms with E-state index >= 15 is 0 Å². The Morgan fingerprint density at radius 2 is 1.92 bits per heavy atom. The molecule has 2 rings (SSSR count). The Kier molecular flexibility index (Phi) is 7.02. The van der Waals surface area contributed by atoms with Crippen LogP contribution in [-0.4, -0.2) is 35.3 Å². The molecule has 7 nitrogen and oxygen atoms in total. The van der Waals surface area contributed by atoms with Crippen molar-refractivity contribution in [2.24, 2.45) is 5.73 Å². The van der Waals surface area contributed by atoms with Crippen LogP contribution in [0.1, 0.15) is 5.56 Å². The van der Waals surface area contributed by atoms with Crippen LogP contribution in [0.25, 0.3) is 6.08 Å². The number of rotatable bonds is 7. The zero-order chi connectivity index (χ0) is 18.9. The monoisotopic (exact) mass is 375 g/mol. The maximum Gasteiger partial charge on any atom is 0.312 e. The molecular weight excluding hydrogens is 358 g/mol. The van der Waals surface area contributed by atoms with Gasteiger partial charge >= 0.3 is 6.03 Å². The van der Waals surface area contributed by atoms with Gasteiger partial charge in [0.2, 0.25) is 0 Å². The van der Waals surface area contributed by atoms with E-state index in [9.17, 15) is 14.8 Å². The number of hydrogen-bond donors (Lipinski definition) is 3. The molecule has 4 N–H and O–H groups in total. The average molecular weight is 376 g/mol. The maximum absolute atomic E-state index is 11.8. The van der Waals surface area contributed by atoms with Crippen LogP contribution in [-0.2, 0) is 4.79 Å². The quantitative estimate of drug-likeness (QED) is 0.393. The summed E-state index contributed by atoms with van der Waals surface area (Å²) in [5, 5.41) is 13.0. The lowest BCUT2D eigenvalue weighted by molar-refractivity contribution is -0.158. The van der Waals surface area contributed by atoms with Gasteiger partial charge in [0.15, 0.2) is 0 Å². The van der Waals surface area contributed by atoms with Crippen molar-refractivity contribution >= 4 is 29.6 Å². The highest BCUT2D eigenvalue weighted by molar-refractivity contribution is 6.30. The van der Waals surface area contributed by atoms with Crippen molar-refractivity contribution in [3.63, 3.8) is 0 Å². The molecule has 2 aromatic carbocycles. The third-order valence-corrected chi connectivity index (χ3v) is 3.46. The highest BCUT2D eigenvalue weighted by atomic mass is 35.5. The van der Waals surface area contributed by atoms with Crippen LogP contribution >= 0.6 is 11.6 Å². The standard InChI is InChI=1S/C18H18ClN3O4/c19-14-5-7-15(8-6-14)26-16-3-1-2-13(12-16)4-9-17(23)22(25)11-10-21-18(20)24/h1-9,12,25H,10-11H2,(H3,20,21,24). The number of urea groups is 1. The number of carbonyl (C=O) groups excluding carboxylic acids is 2. The Balaban J connectivity index is 1.94. The predicted octanol–water partition coefficient (Wildman–Crippen LogP) is 3.03. The van der Waals surface area contributed by atoms with Crippen LogP contribution in [0.3, 0.4) is 0 Å². The molecule has 0 unspecified atom stereocenters. The van der Waals surface area contributed by atoms with E-state index in [1.165, 1.54) is 6.08 Å². The molecule has 0 atom stereocenters. The Labute approximate surface area is 155 Å². The summed E-state index contributed by atoms with van der Waals surface area (Å²) in [6.45, 7) is -0.0261. The molecule has 136 valence electrons. The molecule has 8 heteroatoms. The Hall–Kier alpha value is -3.03. The molecule has 0 aliphatic rings. The molecule has 3 amide bonds. The molecule has 0 fully saturated rings. The van der Waals surface area contributed by atoms with Gasteiger partial charge in [0.05, 0.1) is 6.54 Å². The molecule has 0 aliphatic heterocycles. The minimum atomic E-state index is -0.723. The maximum atomic E-state index is 11.8.